The molecule has 0 fully saturated rings. The van der Waals surface area contributed by atoms with E-state index in [0.717, 1.165) is 10.2 Å². The molecule has 0 aromatic carbocycles. The molecular weight excluding hydrogens is 392 g/mol. The fourth-order valence-corrected chi connectivity index (χ4v) is 1.97. The van der Waals surface area contributed by atoms with Gasteiger partial charge in [-0.15, -0.1) is 0 Å². The first-order valence-electron chi connectivity index (χ1n) is 5.48. The van der Waals surface area contributed by atoms with Gasteiger partial charge in [0.1, 0.15) is 9.21 Å². The molecule has 7 heteroatoms. The Morgan fingerprint density at radius 3 is 2.25 bits per heavy atom. The molecule has 0 saturated carbocycles. The molecule has 0 saturated heterocycles. The smallest absolute Gasteiger partial charge is 0.337 e. The Hall–Kier alpha value is -1.31. The van der Waals surface area contributed by atoms with Gasteiger partial charge in [-0.25, -0.2) is 14.8 Å². The summed E-state index contributed by atoms with van der Waals surface area (Å²) in [7, 11) is 1.34. The third kappa shape index (κ3) is 5.77. The fraction of sp³-hybridized carbons (Fsp3) is 0.154. The number of aromatic nitrogens is 2. The Labute approximate surface area is 133 Å². The van der Waals surface area contributed by atoms with Crippen molar-refractivity contribution < 1.29 is 14.6 Å². The molecule has 0 bridgehead atoms. The Balaban J connectivity index is 0.000000204. The molecule has 0 amide bonds. The van der Waals surface area contributed by atoms with Gasteiger partial charge in [0.25, 0.3) is 0 Å². The second kappa shape index (κ2) is 8.78. The lowest BCUT2D eigenvalue weighted by Crippen LogP contribution is -2.00. The van der Waals surface area contributed by atoms with Gasteiger partial charge in [0.05, 0.1) is 19.3 Å². The molecule has 0 atom stereocenters. The van der Waals surface area contributed by atoms with Gasteiger partial charge in [-0.2, -0.15) is 0 Å². The maximum atomic E-state index is 10.9. The van der Waals surface area contributed by atoms with E-state index in [-0.39, 0.29) is 12.6 Å². The molecule has 106 valence electrons. The van der Waals surface area contributed by atoms with Crippen molar-refractivity contribution in [2.75, 3.05) is 7.11 Å². The van der Waals surface area contributed by atoms with E-state index in [1.807, 2.05) is 0 Å². The van der Waals surface area contributed by atoms with Gasteiger partial charge in [0, 0.05) is 12.4 Å². The molecular formula is C13H12Br2N2O3. The van der Waals surface area contributed by atoms with E-state index in [4.69, 9.17) is 5.11 Å². The van der Waals surface area contributed by atoms with Crippen LogP contribution in [0.2, 0.25) is 0 Å². The zero-order valence-corrected chi connectivity index (χ0v) is 13.8. The number of esters is 1. The number of aliphatic hydroxyl groups is 1. The predicted molar refractivity (Wildman–Crippen MR) is 81.1 cm³/mol. The number of methoxy groups -OCH3 is 1. The Kier molecular flexibility index (Phi) is 7.35. The number of carbonyl (C=O) groups excluding carboxylic acids is 1. The number of hydrogen-bond donors (Lipinski definition) is 1. The van der Waals surface area contributed by atoms with Crippen molar-refractivity contribution in [3.05, 3.63) is 57.0 Å². The molecule has 2 rings (SSSR count). The standard InChI is InChI=1S/C7H6BrNO2.C6H6BrNO/c1-11-7(10)5-2-3-9-6(8)4-5;7-6-3-5(4-9)1-2-8-6/h2-4H,1H3;1-3,9H,4H2. The Morgan fingerprint density at radius 1 is 1.20 bits per heavy atom. The molecule has 0 aliphatic heterocycles. The van der Waals surface area contributed by atoms with E-state index in [1.165, 1.54) is 13.3 Å². The van der Waals surface area contributed by atoms with E-state index in [1.54, 1.807) is 30.5 Å². The van der Waals surface area contributed by atoms with Crippen molar-refractivity contribution in [3.8, 4) is 0 Å². The van der Waals surface area contributed by atoms with Gasteiger partial charge in [-0.1, -0.05) is 0 Å². The van der Waals surface area contributed by atoms with Crippen LogP contribution in [0.15, 0.2) is 45.9 Å². The van der Waals surface area contributed by atoms with Gasteiger partial charge >= 0.3 is 5.97 Å². The topological polar surface area (TPSA) is 72.3 Å². The third-order valence-corrected chi connectivity index (χ3v) is 2.99. The largest absolute Gasteiger partial charge is 0.465 e. The van der Waals surface area contributed by atoms with E-state index in [2.05, 4.69) is 46.6 Å². The number of rotatable bonds is 2. The molecule has 20 heavy (non-hydrogen) atoms. The molecule has 0 aliphatic rings. The summed E-state index contributed by atoms with van der Waals surface area (Å²) >= 11 is 6.32. The number of ether oxygens (including phenoxy) is 1. The second-order valence-corrected chi connectivity index (χ2v) is 5.13. The van der Waals surface area contributed by atoms with Crippen LogP contribution in [0.3, 0.4) is 0 Å². The minimum absolute atomic E-state index is 0.0706. The molecule has 2 aromatic heterocycles. The molecule has 2 aromatic rings. The normalized spacial score (nSPS) is 9.40. The van der Waals surface area contributed by atoms with Crippen LogP contribution in [0.4, 0.5) is 0 Å². The van der Waals surface area contributed by atoms with Gasteiger partial charge in [0.2, 0.25) is 0 Å². The number of nitrogens with zero attached hydrogens (tertiary/aromatic N) is 2. The van der Waals surface area contributed by atoms with Crippen molar-refractivity contribution in [1.29, 1.82) is 0 Å². The summed E-state index contributed by atoms with van der Waals surface area (Å²) < 4.78 is 5.89. The zero-order chi connectivity index (χ0) is 15.0. The van der Waals surface area contributed by atoms with Crippen LogP contribution in [-0.2, 0) is 11.3 Å². The molecule has 0 spiro atoms. The summed E-state index contributed by atoms with van der Waals surface area (Å²) in [5, 5.41) is 8.61. The summed E-state index contributed by atoms with van der Waals surface area (Å²) in [5.41, 5.74) is 1.37. The second-order valence-electron chi connectivity index (χ2n) is 3.50. The maximum Gasteiger partial charge on any atom is 0.337 e. The Morgan fingerprint density at radius 2 is 1.80 bits per heavy atom. The van der Waals surface area contributed by atoms with E-state index in [9.17, 15) is 4.79 Å². The highest BCUT2D eigenvalue weighted by Gasteiger charge is 2.04. The molecule has 0 unspecified atom stereocenters. The number of carbonyl (C=O) groups is 1. The first kappa shape index (κ1) is 16.7. The minimum atomic E-state index is -0.354. The summed E-state index contributed by atoms with van der Waals surface area (Å²) in [6.45, 7) is 0.0706. The summed E-state index contributed by atoms with van der Waals surface area (Å²) in [5.74, 6) is -0.354. The van der Waals surface area contributed by atoms with Gasteiger partial charge in [-0.3, -0.25) is 0 Å². The van der Waals surface area contributed by atoms with Crippen LogP contribution in [0.5, 0.6) is 0 Å². The number of hydrogen-bond acceptors (Lipinski definition) is 5. The number of halogens is 2. The Bertz CT molecular complexity index is 579. The minimum Gasteiger partial charge on any atom is -0.465 e. The zero-order valence-electron chi connectivity index (χ0n) is 10.6. The van der Waals surface area contributed by atoms with E-state index in [0.29, 0.717) is 10.2 Å². The van der Waals surface area contributed by atoms with E-state index < -0.39 is 0 Å². The van der Waals surface area contributed by atoms with Gasteiger partial charge in [-0.05, 0) is 61.7 Å². The van der Waals surface area contributed by atoms with Crippen molar-refractivity contribution >= 4 is 37.8 Å². The van der Waals surface area contributed by atoms with Crippen LogP contribution >= 0.6 is 31.9 Å². The highest BCUT2D eigenvalue weighted by molar-refractivity contribution is 9.10. The van der Waals surface area contributed by atoms with E-state index >= 15 is 0 Å². The van der Waals surface area contributed by atoms with Crippen LogP contribution < -0.4 is 0 Å². The number of aliphatic hydroxyl groups excluding tert-OH is 1. The van der Waals surface area contributed by atoms with Crippen molar-refractivity contribution in [3.63, 3.8) is 0 Å². The lowest BCUT2D eigenvalue weighted by Gasteiger charge is -1.97. The van der Waals surface area contributed by atoms with Crippen molar-refractivity contribution in [2.24, 2.45) is 0 Å². The SMILES string of the molecule is COC(=O)c1ccnc(Br)c1.OCc1ccnc(Br)c1. The fourth-order valence-electron chi connectivity index (χ4n) is 1.19. The summed E-state index contributed by atoms with van der Waals surface area (Å²) in [6, 6.07) is 6.74. The first-order valence-corrected chi connectivity index (χ1v) is 7.06. The van der Waals surface area contributed by atoms with Crippen molar-refractivity contribution in [2.45, 2.75) is 6.61 Å². The highest BCUT2D eigenvalue weighted by Crippen LogP contribution is 2.08. The molecule has 2 heterocycles. The lowest BCUT2D eigenvalue weighted by molar-refractivity contribution is 0.0600. The third-order valence-electron chi connectivity index (χ3n) is 2.12. The van der Waals surface area contributed by atoms with Gasteiger partial charge < -0.3 is 9.84 Å². The lowest BCUT2D eigenvalue weighted by atomic mass is 10.3. The average molecular weight is 404 g/mol. The predicted octanol–water partition coefficient (Wildman–Crippen LogP) is 2.97. The molecule has 0 aliphatic carbocycles. The molecule has 5 nitrogen and oxygen atoms in total. The van der Waals surface area contributed by atoms with Crippen LogP contribution in [0.25, 0.3) is 0 Å². The van der Waals surface area contributed by atoms with Crippen LogP contribution in [0.1, 0.15) is 15.9 Å². The quantitative estimate of drug-likeness (QED) is 0.616. The van der Waals surface area contributed by atoms with Crippen LogP contribution in [-0.4, -0.2) is 28.2 Å². The van der Waals surface area contributed by atoms with Crippen molar-refractivity contribution in [1.82, 2.24) is 9.97 Å². The maximum absolute atomic E-state index is 10.9. The average Bonchev–Trinajstić information content (AvgIpc) is 2.47. The summed E-state index contributed by atoms with van der Waals surface area (Å²) in [4.78, 5) is 18.7. The monoisotopic (exact) mass is 402 g/mol. The highest BCUT2D eigenvalue weighted by atomic mass is 79.9. The first-order chi connectivity index (χ1) is 9.56. The summed E-state index contributed by atoms with van der Waals surface area (Å²) in [6.07, 6.45) is 3.19. The van der Waals surface area contributed by atoms with Gasteiger partial charge in [0.15, 0.2) is 0 Å². The number of pyridine rings is 2. The molecule has 0 radical (unpaired) electrons. The van der Waals surface area contributed by atoms with Crippen LogP contribution in [0, 0.1) is 0 Å². The molecule has 1 N–H and O–H groups in total.